The topological polar surface area (TPSA) is 72.3 Å². The normalized spacial score (nSPS) is 21.2. The van der Waals surface area contributed by atoms with Gasteiger partial charge in [-0.25, -0.2) is 0 Å². The molecule has 0 aromatic heterocycles. The van der Waals surface area contributed by atoms with Crippen LogP contribution in [0.5, 0.6) is 0 Å². The van der Waals surface area contributed by atoms with Crippen LogP contribution in [0.25, 0.3) is 0 Å². The maximum absolute atomic E-state index is 10.8. The van der Waals surface area contributed by atoms with Crippen molar-refractivity contribution in [3.63, 3.8) is 0 Å². The Kier molecular flexibility index (Phi) is 2.15. The second-order valence-corrected chi connectivity index (χ2v) is 3.28. The fraction of sp³-hybridized carbons (Fsp3) is 0.857. The van der Waals surface area contributed by atoms with E-state index >= 15 is 0 Å². The minimum Gasteiger partial charge on any atom is -0.341 e. The summed E-state index contributed by atoms with van der Waals surface area (Å²) >= 11 is 0. The van der Waals surface area contributed by atoms with E-state index in [-0.39, 0.29) is 11.3 Å². The Balaban J connectivity index is 2.41. The molecule has 1 aliphatic rings. The van der Waals surface area contributed by atoms with Gasteiger partial charge in [-0.15, -0.1) is 0 Å². The Morgan fingerprint density at radius 1 is 1.45 bits per heavy atom. The van der Waals surface area contributed by atoms with Crippen molar-refractivity contribution in [1.82, 2.24) is 4.90 Å². The minimum absolute atomic E-state index is 0.0195. The molecule has 1 amide bonds. The molecule has 0 atom stereocenters. The molecular formula is C7H15N3O. The second-order valence-electron chi connectivity index (χ2n) is 3.28. The average Bonchev–Trinajstić information content (AvgIpc) is 1.87. The van der Waals surface area contributed by atoms with E-state index in [1.54, 1.807) is 11.8 Å². The predicted molar refractivity (Wildman–Crippen MR) is 42.8 cm³/mol. The summed E-state index contributed by atoms with van der Waals surface area (Å²) in [6.45, 7) is 4.18. The molecule has 4 N–H and O–H groups in total. The lowest BCUT2D eigenvalue weighted by Gasteiger charge is -2.48. The summed E-state index contributed by atoms with van der Waals surface area (Å²) in [6.07, 6.45) is 0. The first kappa shape index (κ1) is 8.49. The van der Waals surface area contributed by atoms with Crippen LogP contribution in [0.4, 0.5) is 0 Å². The average molecular weight is 157 g/mol. The lowest BCUT2D eigenvalue weighted by atomic mass is 9.80. The highest BCUT2D eigenvalue weighted by Gasteiger charge is 2.41. The summed E-state index contributed by atoms with van der Waals surface area (Å²) in [7, 11) is 0. The van der Waals surface area contributed by atoms with E-state index in [4.69, 9.17) is 11.5 Å². The molecule has 1 fully saturated rings. The largest absolute Gasteiger partial charge is 0.341 e. The van der Waals surface area contributed by atoms with Gasteiger partial charge in [0.2, 0.25) is 5.91 Å². The number of carbonyl (C=O) groups is 1. The monoisotopic (exact) mass is 157 g/mol. The van der Waals surface area contributed by atoms with Gasteiger partial charge in [0.25, 0.3) is 0 Å². The number of rotatable bonds is 2. The van der Waals surface area contributed by atoms with E-state index in [1.165, 1.54) is 0 Å². The zero-order valence-corrected chi connectivity index (χ0v) is 6.84. The molecule has 0 spiro atoms. The van der Waals surface area contributed by atoms with Gasteiger partial charge in [0.05, 0.1) is 0 Å². The molecule has 1 rings (SSSR count). The number of hydrogen-bond donors (Lipinski definition) is 2. The molecule has 0 unspecified atom stereocenters. The molecule has 1 saturated heterocycles. The van der Waals surface area contributed by atoms with Gasteiger partial charge in [-0.3, -0.25) is 4.79 Å². The van der Waals surface area contributed by atoms with Gasteiger partial charge >= 0.3 is 0 Å². The van der Waals surface area contributed by atoms with Crippen molar-refractivity contribution in [1.29, 1.82) is 0 Å². The Labute approximate surface area is 66.5 Å². The van der Waals surface area contributed by atoms with Crippen LogP contribution in [0.15, 0.2) is 0 Å². The number of likely N-dealkylation sites (tertiary alicyclic amines) is 1. The Bertz CT molecular complexity index is 157. The molecule has 0 bridgehead atoms. The Hall–Kier alpha value is -0.610. The summed E-state index contributed by atoms with van der Waals surface area (Å²) in [5.74, 6) is 0.113. The van der Waals surface area contributed by atoms with E-state index in [1.807, 2.05) is 0 Å². The maximum atomic E-state index is 10.8. The number of amides is 1. The van der Waals surface area contributed by atoms with E-state index in [2.05, 4.69) is 0 Å². The van der Waals surface area contributed by atoms with Crippen molar-refractivity contribution in [3.8, 4) is 0 Å². The van der Waals surface area contributed by atoms with Crippen LogP contribution in [0, 0.1) is 5.41 Å². The van der Waals surface area contributed by atoms with E-state index in [0.717, 1.165) is 13.1 Å². The highest BCUT2D eigenvalue weighted by molar-refractivity contribution is 5.74. The number of nitrogens with two attached hydrogens (primary N) is 2. The predicted octanol–water partition coefficient (Wildman–Crippen LogP) is -1.25. The van der Waals surface area contributed by atoms with Crippen LogP contribution in [0.3, 0.4) is 0 Å². The van der Waals surface area contributed by atoms with Gasteiger partial charge in [0, 0.05) is 38.5 Å². The van der Waals surface area contributed by atoms with E-state index < -0.39 is 0 Å². The van der Waals surface area contributed by atoms with Crippen molar-refractivity contribution in [2.45, 2.75) is 6.92 Å². The zero-order chi connectivity index (χ0) is 8.48. The van der Waals surface area contributed by atoms with Gasteiger partial charge in [-0.05, 0) is 0 Å². The van der Waals surface area contributed by atoms with Gasteiger partial charge in [-0.1, -0.05) is 0 Å². The van der Waals surface area contributed by atoms with Gasteiger partial charge in [0.1, 0.15) is 0 Å². The minimum atomic E-state index is 0.0195. The first-order valence-electron chi connectivity index (χ1n) is 3.79. The van der Waals surface area contributed by atoms with Crippen LogP contribution in [0.2, 0.25) is 0 Å². The summed E-state index contributed by atoms with van der Waals surface area (Å²) in [6, 6.07) is 0. The van der Waals surface area contributed by atoms with Gasteiger partial charge < -0.3 is 16.4 Å². The lowest BCUT2D eigenvalue weighted by molar-refractivity contribution is -0.139. The van der Waals surface area contributed by atoms with Crippen LogP contribution < -0.4 is 11.5 Å². The summed E-state index contributed by atoms with van der Waals surface area (Å²) in [5, 5.41) is 0. The van der Waals surface area contributed by atoms with Crippen LogP contribution in [0.1, 0.15) is 6.92 Å². The molecule has 4 nitrogen and oxygen atoms in total. The third-order valence-corrected chi connectivity index (χ3v) is 2.36. The third-order valence-electron chi connectivity index (χ3n) is 2.36. The third kappa shape index (κ3) is 1.36. The summed E-state index contributed by atoms with van der Waals surface area (Å²) in [5.41, 5.74) is 11.1. The molecule has 0 saturated carbocycles. The van der Waals surface area contributed by atoms with E-state index in [9.17, 15) is 4.79 Å². The summed E-state index contributed by atoms with van der Waals surface area (Å²) in [4.78, 5) is 12.6. The van der Waals surface area contributed by atoms with Crippen LogP contribution in [-0.2, 0) is 4.79 Å². The first-order chi connectivity index (χ1) is 5.13. The SMILES string of the molecule is CC(=O)N1CC(CN)(CN)C1. The standard InChI is InChI=1S/C7H15N3O/c1-6(11)10-4-7(2-8,3-9)5-10/h2-5,8-9H2,1H3. The van der Waals surface area contributed by atoms with Crippen molar-refractivity contribution in [2.24, 2.45) is 16.9 Å². The zero-order valence-electron chi connectivity index (χ0n) is 6.84. The molecule has 4 heteroatoms. The smallest absolute Gasteiger partial charge is 0.219 e. The molecule has 11 heavy (non-hydrogen) atoms. The molecule has 0 aliphatic carbocycles. The molecule has 0 aromatic rings. The first-order valence-corrected chi connectivity index (χ1v) is 3.79. The lowest BCUT2D eigenvalue weighted by Crippen LogP contribution is -2.64. The molecule has 0 aromatic carbocycles. The Morgan fingerprint density at radius 3 is 2.18 bits per heavy atom. The van der Waals surface area contributed by atoms with Crippen LogP contribution in [-0.4, -0.2) is 37.0 Å². The highest BCUT2D eigenvalue weighted by Crippen LogP contribution is 2.27. The van der Waals surface area contributed by atoms with Crippen molar-refractivity contribution in [2.75, 3.05) is 26.2 Å². The van der Waals surface area contributed by atoms with Crippen LogP contribution >= 0.6 is 0 Å². The molecular weight excluding hydrogens is 142 g/mol. The van der Waals surface area contributed by atoms with Crippen molar-refractivity contribution in [3.05, 3.63) is 0 Å². The molecule has 0 radical (unpaired) electrons. The van der Waals surface area contributed by atoms with Crippen molar-refractivity contribution >= 4 is 5.91 Å². The molecule has 64 valence electrons. The molecule has 1 heterocycles. The number of carbonyl (C=O) groups excluding carboxylic acids is 1. The van der Waals surface area contributed by atoms with Gasteiger partial charge in [0.15, 0.2) is 0 Å². The van der Waals surface area contributed by atoms with E-state index in [0.29, 0.717) is 13.1 Å². The van der Waals surface area contributed by atoms with Crippen molar-refractivity contribution < 1.29 is 4.79 Å². The highest BCUT2D eigenvalue weighted by atomic mass is 16.2. The van der Waals surface area contributed by atoms with Gasteiger partial charge in [-0.2, -0.15) is 0 Å². The summed E-state index contributed by atoms with van der Waals surface area (Å²) < 4.78 is 0. The Morgan fingerprint density at radius 2 is 1.91 bits per heavy atom. The molecule has 1 aliphatic heterocycles. The fourth-order valence-electron chi connectivity index (χ4n) is 1.33. The fourth-order valence-corrected chi connectivity index (χ4v) is 1.33. The number of hydrogen-bond acceptors (Lipinski definition) is 3. The maximum Gasteiger partial charge on any atom is 0.219 e. The second kappa shape index (κ2) is 2.79. The quantitative estimate of drug-likeness (QED) is 0.526. The number of nitrogens with zero attached hydrogens (tertiary/aromatic N) is 1.